The van der Waals surface area contributed by atoms with E-state index in [1.165, 1.54) is 5.56 Å². The van der Waals surface area contributed by atoms with Crippen molar-refractivity contribution >= 4 is 5.91 Å². The van der Waals surface area contributed by atoms with Gasteiger partial charge in [-0.3, -0.25) is 4.79 Å². The van der Waals surface area contributed by atoms with E-state index in [2.05, 4.69) is 29.6 Å². The molecule has 4 nitrogen and oxygen atoms in total. The highest BCUT2D eigenvalue weighted by atomic mass is 16.5. The first kappa shape index (κ1) is 15.0. The second kappa shape index (κ2) is 8.02. The number of rotatable bonds is 5. The van der Waals surface area contributed by atoms with E-state index in [1.54, 1.807) is 7.11 Å². The van der Waals surface area contributed by atoms with Gasteiger partial charge in [0.15, 0.2) is 0 Å². The van der Waals surface area contributed by atoms with Gasteiger partial charge >= 0.3 is 0 Å². The lowest BCUT2D eigenvalue weighted by Gasteiger charge is -2.30. The molecule has 0 saturated carbocycles. The monoisotopic (exact) mass is 276 g/mol. The Balaban J connectivity index is 2.03. The number of nitrogens with one attached hydrogen (secondary N) is 1. The molecule has 1 unspecified atom stereocenters. The first-order valence-corrected chi connectivity index (χ1v) is 7.34. The Kier molecular flexibility index (Phi) is 6.02. The lowest BCUT2D eigenvalue weighted by Crippen LogP contribution is -2.45. The second-order valence-corrected chi connectivity index (χ2v) is 5.23. The molecule has 1 fully saturated rings. The molecule has 0 spiro atoms. The molecule has 4 heteroatoms. The Morgan fingerprint density at radius 3 is 2.95 bits per heavy atom. The summed E-state index contributed by atoms with van der Waals surface area (Å²) in [6.07, 6.45) is 2.40. The molecule has 1 aromatic carbocycles. The molecule has 1 atom stereocenters. The van der Waals surface area contributed by atoms with Crippen molar-refractivity contribution in [2.24, 2.45) is 0 Å². The summed E-state index contributed by atoms with van der Waals surface area (Å²) in [6, 6.07) is 10.6. The maximum Gasteiger partial charge on any atom is 0.225 e. The van der Waals surface area contributed by atoms with Crippen LogP contribution in [0.1, 0.15) is 18.4 Å². The maximum absolute atomic E-state index is 12.3. The van der Waals surface area contributed by atoms with E-state index in [0.717, 1.165) is 32.5 Å². The fourth-order valence-corrected chi connectivity index (χ4v) is 2.67. The van der Waals surface area contributed by atoms with Crippen molar-refractivity contribution in [2.75, 3.05) is 33.4 Å². The minimum absolute atomic E-state index is 0.205. The van der Waals surface area contributed by atoms with Gasteiger partial charge in [0, 0.05) is 26.2 Å². The fourth-order valence-electron chi connectivity index (χ4n) is 2.67. The van der Waals surface area contributed by atoms with Gasteiger partial charge in [-0.25, -0.2) is 0 Å². The smallest absolute Gasteiger partial charge is 0.225 e. The first-order chi connectivity index (χ1) is 9.81. The summed E-state index contributed by atoms with van der Waals surface area (Å²) in [6.45, 7) is 3.20. The van der Waals surface area contributed by atoms with E-state index < -0.39 is 0 Å². The molecular weight excluding hydrogens is 252 g/mol. The van der Waals surface area contributed by atoms with Crippen LogP contribution in [0.3, 0.4) is 0 Å². The van der Waals surface area contributed by atoms with Crippen LogP contribution in [0.5, 0.6) is 0 Å². The van der Waals surface area contributed by atoms with Crippen molar-refractivity contribution in [2.45, 2.75) is 25.3 Å². The summed E-state index contributed by atoms with van der Waals surface area (Å²) < 4.78 is 5.02. The number of benzene rings is 1. The summed E-state index contributed by atoms with van der Waals surface area (Å²) in [7, 11) is 1.64. The van der Waals surface area contributed by atoms with Crippen molar-refractivity contribution < 1.29 is 9.53 Å². The van der Waals surface area contributed by atoms with Crippen LogP contribution < -0.4 is 5.32 Å². The first-order valence-electron chi connectivity index (χ1n) is 7.34. The van der Waals surface area contributed by atoms with Gasteiger partial charge < -0.3 is 15.0 Å². The molecule has 1 amide bonds. The number of carbonyl (C=O) groups is 1. The van der Waals surface area contributed by atoms with Crippen LogP contribution in [0.2, 0.25) is 0 Å². The predicted octanol–water partition coefficient (Wildman–Crippen LogP) is 1.46. The molecule has 110 valence electrons. The molecular formula is C16H24N2O2. The number of methoxy groups -OCH3 is 1. The average Bonchev–Trinajstić information content (AvgIpc) is 2.71. The van der Waals surface area contributed by atoms with Crippen molar-refractivity contribution in [3.8, 4) is 0 Å². The van der Waals surface area contributed by atoms with Crippen LogP contribution in [0.15, 0.2) is 30.3 Å². The molecule has 0 aliphatic carbocycles. The van der Waals surface area contributed by atoms with E-state index in [-0.39, 0.29) is 11.9 Å². The molecule has 2 rings (SSSR count). The minimum atomic E-state index is 0.205. The lowest BCUT2D eigenvalue weighted by atomic mass is 10.0. The Labute approximate surface area is 121 Å². The molecule has 0 radical (unpaired) electrons. The molecule has 1 aliphatic heterocycles. The number of hydrogen-bond acceptors (Lipinski definition) is 3. The Hall–Kier alpha value is -1.39. The van der Waals surface area contributed by atoms with Crippen LogP contribution in [0, 0.1) is 0 Å². The van der Waals surface area contributed by atoms with E-state index in [0.29, 0.717) is 13.0 Å². The van der Waals surface area contributed by atoms with Gasteiger partial charge in [0.2, 0.25) is 5.91 Å². The zero-order valence-corrected chi connectivity index (χ0v) is 12.2. The number of carbonyl (C=O) groups excluding carboxylic acids is 1. The Morgan fingerprint density at radius 1 is 1.40 bits per heavy atom. The molecule has 0 bridgehead atoms. The lowest BCUT2D eigenvalue weighted by molar-refractivity contribution is -0.134. The third kappa shape index (κ3) is 4.32. The van der Waals surface area contributed by atoms with E-state index in [1.807, 2.05) is 11.0 Å². The minimum Gasteiger partial charge on any atom is -0.384 e. The third-order valence-electron chi connectivity index (χ3n) is 3.73. The van der Waals surface area contributed by atoms with Gasteiger partial charge in [0.25, 0.3) is 0 Å². The van der Waals surface area contributed by atoms with Gasteiger partial charge in [0.05, 0.1) is 13.0 Å². The molecule has 20 heavy (non-hydrogen) atoms. The number of nitrogens with zero attached hydrogens (tertiary/aromatic N) is 1. The molecule has 1 aromatic rings. The molecule has 1 heterocycles. The van der Waals surface area contributed by atoms with E-state index in [4.69, 9.17) is 4.74 Å². The summed E-state index contributed by atoms with van der Waals surface area (Å²) >= 11 is 0. The number of amides is 1. The molecule has 1 saturated heterocycles. The number of ether oxygens (including phenoxy) is 1. The van der Waals surface area contributed by atoms with Crippen molar-refractivity contribution in [3.05, 3.63) is 35.9 Å². The standard InChI is InChI=1S/C16H24N2O2/c1-20-11-8-16(19)18-10-5-9-17-13-15(18)12-14-6-3-2-4-7-14/h2-4,6-7,15,17H,5,8-13H2,1H3. The van der Waals surface area contributed by atoms with Crippen LogP contribution in [-0.4, -0.2) is 50.2 Å². The quantitative estimate of drug-likeness (QED) is 0.885. The van der Waals surface area contributed by atoms with E-state index >= 15 is 0 Å². The number of hydrogen-bond donors (Lipinski definition) is 1. The molecule has 0 aromatic heterocycles. The second-order valence-electron chi connectivity index (χ2n) is 5.23. The van der Waals surface area contributed by atoms with Crippen molar-refractivity contribution in [3.63, 3.8) is 0 Å². The summed E-state index contributed by atoms with van der Waals surface area (Å²) in [4.78, 5) is 14.4. The highest BCUT2D eigenvalue weighted by molar-refractivity contribution is 5.76. The largest absolute Gasteiger partial charge is 0.384 e. The molecule has 1 N–H and O–H groups in total. The van der Waals surface area contributed by atoms with Crippen LogP contribution in [0.4, 0.5) is 0 Å². The Morgan fingerprint density at radius 2 is 2.20 bits per heavy atom. The van der Waals surface area contributed by atoms with Crippen LogP contribution >= 0.6 is 0 Å². The van der Waals surface area contributed by atoms with Gasteiger partial charge in [-0.15, -0.1) is 0 Å². The van der Waals surface area contributed by atoms with Gasteiger partial charge in [-0.2, -0.15) is 0 Å². The molecule has 1 aliphatic rings. The third-order valence-corrected chi connectivity index (χ3v) is 3.73. The summed E-state index contributed by atoms with van der Waals surface area (Å²) in [5, 5.41) is 3.43. The normalized spacial score (nSPS) is 19.6. The Bertz CT molecular complexity index is 408. The van der Waals surface area contributed by atoms with Gasteiger partial charge in [-0.1, -0.05) is 30.3 Å². The fraction of sp³-hybridized carbons (Fsp3) is 0.562. The zero-order valence-electron chi connectivity index (χ0n) is 12.2. The van der Waals surface area contributed by atoms with Crippen LogP contribution in [0.25, 0.3) is 0 Å². The SMILES string of the molecule is COCCC(=O)N1CCCNCC1Cc1ccccc1. The predicted molar refractivity (Wildman–Crippen MR) is 79.6 cm³/mol. The zero-order chi connectivity index (χ0) is 14.2. The van der Waals surface area contributed by atoms with Gasteiger partial charge in [-0.05, 0) is 24.9 Å². The van der Waals surface area contributed by atoms with Gasteiger partial charge in [0.1, 0.15) is 0 Å². The topological polar surface area (TPSA) is 41.6 Å². The van der Waals surface area contributed by atoms with Crippen molar-refractivity contribution in [1.29, 1.82) is 0 Å². The summed E-state index contributed by atoms with van der Waals surface area (Å²) in [5.74, 6) is 0.205. The van der Waals surface area contributed by atoms with E-state index in [9.17, 15) is 4.79 Å². The van der Waals surface area contributed by atoms with Crippen LogP contribution in [-0.2, 0) is 16.0 Å². The summed E-state index contributed by atoms with van der Waals surface area (Å²) in [5.41, 5.74) is 1.28. The highest BCUT2D eigenvalue weighted by Crippen LogP contribution is 2.13. The van der Waals surface area contributed by atoms with Crippen molar-refractivity contribution in [1.82, 2.24) is 10.2 Å². The highest BCUT2D eigenvalue weighted by Gasteiger charge is 2.24. The average molecular weight is 276 g/mol. The maximum atomic E-state index is 12.3.